The van der Waals surface area contributed by atoms with Crippen LogP contribution in [0.2, 0.25) is 0 Å². The Bertz CT molecular complexity index is 483. The standard InChI is InChI=1S/C15H20N2O2/c18-9-8-17(13-4-5-13)15(19)12-3-6-14-11(10-12)2-1-7-16-14/h3,6,10,13,16,18H,1-2,4-5,7-9H2. The van der Waals surface area contributed by atoms with Crippen LogP contribution in [0.4, 0.5) is 5.69 Å². The van der Waals surface area contributed by atoms with Crippen LogP contribution in [-0.2, 0) is 6.42 Å². The molecule has 0 aromatic heterocycles. The average Bonchev–Trinajstić information content (AvgIpc) is 3.28. The number of aliphatic hydroxyl groups is 1. The van der Waals surface area contributed by atoms with Gasteiger partial charge in [-0.2, -0.15) is 0 Å². The number of nitrogens with one attached hydrogen (secondary N) is 1. The maximum absolute atomic E-state index is 12.5. The first kappa shape index (κ1) is 12.5. The number of benzene rings is 1. The Labute approximate surface area is 113 Å². The van der Waals surface area contributed by atoms with Crippen molar-refractivity contribution in [2.45, 2.75) is 31.7 Å². The predicted molar refractivity (Wildman–Crippen MR) is 74.4 cm³/mol. The second kappa shape index (κ2) is 5.21. The molecule has 3 rings (SSSR count). The number of carbonyl (C=O) groups is 1. The molecule has 19 heavy (non-hydrogen) atoms. The number of aliphatic hydroxyl groups excluding tert-OH is 1. The molecule has 2 N–H and O–H groups in total. The minimum Gasteiger partial charge on any atom is -0.395 e. The van der Waals surface area contributed by atoms with Crippen molar-refractivity contribution in [2.24, 2.45) is 0 Å². The molecule has 1 aliphatic carbocycles. The molecule has 0 spiro atoms. The summed E-state index contributed by atoms with van der Waals surface area (Å²) in [7, 11) is 0. The number of rotatable bonds is 4. The first-order chi connectivity index (χ1) is 9.29. The molecular weight excluding hydrogens is 240 g/mol. The van der Waals surface area contributed by atoms with Gasteiger partial charge in [0.15, 0.2) is 0 Å². The normalized spacial score (nSPS) is 17.5. The fraction of sp³-hybridized carbons (Fsp3) is 0.533. The van der Waals surface area contributed by atoms with Crippen LogP contribution in [0.15, 0.2) is 18.2 Å². The van der Waals surface area contributed by atoms with Crippen molar-refractivity contribution in [3.8, 4) is 0 Å². The Morgan fingerprint density at radius 3 is 3.00 bits per heavy atom. The SMILES string of the molecule is O=C(c1ccc2c(c1)CCCN2)N(CCO)C1CC1. The molecule has 1 amide bonds. The van der Waals surface area contributed by atoms with Crippen LogP contribution in [0, 0.1) is 0 Å². The Morgan fingerprint density at radius 2 is 2.26 bits per heavy atom. The number of amides is 1. The van der Waals surface area contributed by atoms with Crippen LogP contribution in [0.3, 0.4) is 0 Å². The predicted octanol–water partition coefficient (Wildman–Crippen LogP) is 1.64. The van der Waals surface area contributed by atoms with Crippen LogP contribution in [0.25, 0.3) is 0 Å². The van der Waals surface area contributed by atoms with E-state index in [1.807, 2.05) is 23.1 Å². The number of hydrogen-bond acceptors (Lipinski definition) is 3. The van der Waals surface area contributed by atoms with Gasteiger partial charge in [0, 0.05) is 30.4 Å². The van der Waals surface area contributed by atoms with Gasteiger partial charge in [-0.25, -0.2) is 0 Å². The fourth-order valence-electron chi connectivity index (χ4n) is 2.72. The van der Waals surface area contributed by atoms with Crippen LogP contribution in [-0.4, -0.2) is 41.7 Å². The van der Waals surface area contributed by atoms with Crippen LogP contribution >= 0.6 is 0 Å². The van der Waals surface area contributed by atoms with Crippen LogP contribution in [0.5, 0.6) is 0 Å². The third-order valence-electron chi connectivity index (χ3n) is 3.88. The molecule has 1 fully saturated rings. The molecule has 2 aliphatic rings. The Hall–Kier alpha value is -1.55. The summed E-state index contributed by atoms with van der Waals surface area (Å²) in [6, 6.07) is 6.25. The molecule has 1 aliphatic heterocycles. The zero-order valence-corrected chi connectivity index (χ0v) is 11.1. The first-order valence-electron chi connectivity index (χ1n) is 7.08. The van der Waals surface area contributed by atoms with Crippen molar-refractivity contribution in [3.63, 3.8) is 0 Å². The summed E-state index contributed by atoms with van der Waals surface area (Å²) >= 11 is 0. The van der Waals surface area contributed by atoms with Gasteiger partial charge in [-0.05, 0) is 49.4 Å². The lowest BCUT2D eigenvalue weighted by molar-refractivity contribution is 0.0707. The highest BCUT2D eigenvalue weighted by atomic mass is 16.3. The van der Waals surface area contributed by atoms with Gasteiger partial charge in [0.25, 0.3) is 5.91 Å². The molecule has 102 valence electrons. The third-order valence-corrected chi connectivity index (χ3v) is 3.88. The summed E-state index contributed by atoms with van der Waals surface area (Å²) in [5.41, 5.74) is 3.14. The van der Waals surface area contributed by atoms with Gasteiger partial charge >= 0.3 is 0 Å². The fourth-order valence-corrected chi connectivity index (χ4v) is 2.72. The minimum atomic E-state index is 0.0364. The van der Waals surface area contributed by atoms with E-state index in [1.54, 1.807) is 0 Å². The molecule has 4 nitrogen and oxygen atoms in total. The monoisotopic (exact) mass is 260 g/mol. The van der Waals surface area contributed by atoms with Crippen molar-refractivity contribution >= 4 is 11.6 Å². The van der Waals surface area contributed by atoms with Gasteiger partial charge in [-0.15, -0.1) is 0 Å². The highest BCUT2D eigenvalue weighted by Crippen LogP contribution is 2.29. The van der Waals surface area contributed by atoms with Crippen LogP contribution in [0.1, 0.15) is 35.2 Å². The second-order valence-corrected chi connectivity index (χ2v) is 5.36. The molecule has 0 bridgehead atoms. The highest BCUT2D eigenvalue weighted by molar-refractivity contribution is 5.95. The van der Waals surface area contributed by atoms with E-state index in [0.717, 1.165) is 43.5 Å². The summed E-state index contributed by atoms with van der Waals surface area (Å²) in [5.74, 6) is 0.0601. The number of carbonyl (C=O) groups excluding carboxylic acids is 1. The van der Waals surface area contributed by atoms with E-state index in [1.165, 1.54) is 5.56 Å². The molecule has 1 saturated carbocycles. The van der Waals surface area contributed by atoms with E-state index in [9.17, 15) is 4.79 Å². The van der Waals surface area contributed by atoms with Crippen molar-refractivity contribution in [1.82, 2.24) is 4.90 Å². The molecular formula is C15H20N2O2. The van der Waals surface area contributed by atoms with Gasteiger partial charge in [0.2, 0.25) is 0 Å². The molecule has 0 saturated heterocycles. The molecule has 1 heterocycles. The van der Waals surface area contributed by atoms with Gasteiger partial charge in [0.05, 0.1) is 6.61 Å². The second-order valence-electron chi connectivity index (χ2n) is 5.36. The maximum atomic E-state index is 12.5. The summed E-state index contributed by atoms with van der Waals surface area (Å²) in [6.07, 6.45) is 4.29. The van der Waals surface area contributed by atoms with Crippen molar-refractivity contribution in [3.05, 3.63) is 29.3 Å². The Balaban J connectivity index is 1.82. The summed E-state index contributed by atoms with van der Waals surface area (Å²) in [6.45, 7) is 1.49. The lowest BCUT2D eigenvalue weighted by atomic mass is 10.0. The Morgan fingerprint density at radius 1 is 1.42 bits per heavy atom. The van der Waals surface area contributed by atoms with Gasteiger partial charge in [-0.1, -0.05) is 0 Å². The van der Waals surface area contributed by atoms with E-state index in [0.29, 0.717) is 12.6 Å². The minimum absolute atomic E-state index is 0.0364. The molecule has 0 atom stereocenters. The number of aryl methyl sites for hydroxylation is 1. The number of nitrogens with zero attached hydrogens (tertiary/aromatic N) is 1. The number of hydrogen-bond donors (Lipinski definition) is 2. The quantitative estimate of drug-likeness (QED) is 0.865. The zero-order chi connectivity index (χ0) is 13.2. The lowest BCUT2D eigenvalue weighted by Crippen LogP contribution is -2.35. The van der Waals surface area contributed by atoms with E-state index < -0.39 is 0 Å². The third kappa shape index (κ3) is 2.59. The van der Waals surface area contributed by atoms with Crippen molar-refractivity contribution < 1.29 is 9.90 Å². The van der Waals surface area contributed by atoms with E-state index in [-0.39, 0.29) is 12.5 Å². The van der Waals surface area contributed by atoms with Gasteiger partial charge in [0.1, 0.15) is 0 Å². The molecule has 1 aromatic carbocycles. The molecule has 0 unspecified atom stereocenters. The van der Waals surface area contributed by atoms with Crippen molar-refractivity contribution in [1.29, 1.82) is 0 Å². The van der Waals surface area contributed by atoms with Gasteiger partial charge in [-0.3, -0.25) is 4.79 Å². The van der Waals surface area contributed by atoms with Crippen molar-refractivity contribution in [2.75, 3.05) is 25.0 Å². The molecule has 1 aromatic rings. The van der Waals surface area contributed by atoms with E-state index >= 15 is 0 Å². The zero-order valence-electron chi connectivity index (χ0n) is 11.1. The molecule has 4 heteroatoms. The largest absolute Gasteiger partial charge is 0.395 e. The summed E-state index contributed by atoms with van der Waals surface area (Å²) in [5, 5.41) is 12.5. The first-order valence-corrected chi connectivity index (χ1v) is 7.08. The topological polar surface area (TPSA) is 52.6 Å². The smallest absolute Gasteiger partial charge is 0.254 e. The van der Waals surface area contributed by atoms with E-state index in [2.05, 4.69) is 5.32 Å². The summed E-state index contributed by atoms with van der Waals surface area (Å²) < 4.78 is 0. The van der Waals surface area contributed by atoms with Gasteiger partial charge < -0.3 is 15.3 Å². The van der Waals surface area contributed by atoms with Crippen LogP contribution < -0.4 is 5.32 Å². The lowest BCUT2D eigenvalue weighted by Gasteiger charge is -2.23. The molecule has 0 radical (unpaired) electrons. The Kier molecular flexibility index (Phi) is 3.42. The number of fused-ring (bicyclic) bond motifs is 1. The number of anilines is 1. The van der Waals surface area contributed by atoms with E-state index in [4.69, 9.17) is 5.11 Å². The maximum Gasteiger partial charge on any atom is 0.254 e. The highest BCUT2D eigenvalue weighted by Gasteiger charge is 2.32. The summed E-state index contributed by atoms with van der Waals surface area (Å²) in [4.78, 5) is 14.3. The average molecular weight is 260 g/mol.